The third-order valence-electron chi connectivity index (χ3n) is 4.79. The van der Waals surface area contributed by atoms with Crippen molar-refractivity contribution in [2.75, 3.05) is 13.7 Å². The van der Waals surface area contributed by atoms with Crippen molar-refractivity contribution in [3.05, 3.63) is 75.5 Å². The molecule has 0 radical (unpaired) electrons. The van der Waals surface area contributed by atoms with Gasteiger partial charge in [0, 0.05) is 28.1 Å². The van der Waals surface area contributed by atoms with Crippen LogP contribution in [0.5, 0.6) is 11.5 Å². The van der Waals surface area contributed by atoms with E-state index in [1.54, 1.807) is 18.2 Å². The highest BCUT2D eigenvalue weighted by atomic mass is 79.9. The van der Waals surface area contributed by atoms with Gasteiger partial charge in [0.25, 0.3) is 11.8 Å². The first-order chi connectivity index (χ1) is 14.8. The number of aryl methyl sites for hydroxylation is 1. The molecule has 0 bridgehead atoms. The molecule has 0 aliphatic carbocycles. The number of carbonyl (C=O) groups excluding carboxylic acids is 2. The largest absolute Gasteiger partial charge is 0.493 e. The van der Waals surface area contributed by atoms with E-state index >= 15 is 0 Å². The Balaban J connectivity index is 1.74. The Hall–Kier alpha value is -3.26. The number of benzene rings is 2. The van der Waals surface area contributed by atoms with Gasteiger partial charge < -0.3 is 25.1 Å². The molecule has 0 saturated carbocycles. The fourth-order valence-corrected chi connectivity index (χ4v) is 3.76. The molecule has 0 fully saturated rings. The Bertz CT molecular complexity index is 1120. The number of methoxy groups -OCH3 is 1. The molecule has 0 atom stereocenters. The molecule has 31 heavy (non-hydrogen) atoms. The van der Waals surface area contributed by atoms with E-state index in [2.05, 4.69) is 21.2 Å². The summed E-state index contributed by atoms with van der Waals surface area (Å²) in [4.78, 5) is 23.8. The van der Waals surface area contributed by atoms with Gasteiger partial charge in [0.05, 0.1) is 12.7 Å². The molecule has 3 rings (SSSR count). The summed E-state index contributed by atoms with van der Waals surface area (Å²) < 4.78 is 13.7. The number of ether oxygens (including phenoxy) is 2. The van der Waals surface area contributed by atoms with Crippen molar-refractivity contribution in [1.29, 1.82) is 0 Å². The van der Waals surface area contributed by atoms with Gasteiger partial charge in [-0.2, -0.15) is 0 Å². The van der Waals surface area contributed by atoms with Crippen molar-refractivity contribution in [3.63, 3.8) is 0 Å². The highest BCUT2D eigenvalue weighted by Gasteiger charge is 2.17. The van der Waals surface area contributed by atoms with Crippen LogP contribution in [0.3, 0.4) is 0 Å². The SMILES string of the molecule is COc1cc(CNC(=O)c2cc(C)n(-c3cccc(Br)c3)c2C)ccc1OCC(N)=O. The van der Waals surface area contributed by atoms with Gasteiger partial charge in [0.1, 0.15) is 0 Å². The number of nitrogens with two attached hydrogens (primary N) is 1. The molecule has 1 aromatic heterocycles. The zero-order valence-corrected chi connectivity index (χ0v) is 19.2. The van der Waals surface area contributed by atoms with Crippen molar-refractivity contribution < 1.29 is 19.1 Å². The molecule has 0 saturated heterocycles. The van der Waals surface area contributed by atoms with E-state index in [1.165, 1.54) is 7.11 Å². The Morgan fingerprint density at radius 2 is 1.87 bits per heavy atom. The summed E-state index contributed by atoms with van der Waals surface area (Å²) in [6.07, 6.45) is 0. The van der Waals surface area contributed by atoms with Crippen LogP contribution in [0, 0.1) is 13.8 Å². The Kier molecular flexibility index (Phi) is 7.02. The Morgan fingerprint density at radius 3 is 2.55 bits per heavy atom. The lowest BCUT2D eigenvalue weighted by atomic mass is 10.2. The van der Waals surface area contributed by atoms with Crippen LogP contribution < -0.4 is 20.5 Å². The lowest BCUT2D eigenvalue weighted by molar-refractivity contribution is -0.119. The predicted octanol–water partition coefficient (Wildman–Crippen LogP) is 3.66. The van der Waals surface area contributed by atoms with Gasteiger partial charge in [0.15, 0.2) is 18.1 Å². The van der Waals surface area contributed by atoms with Crippen molar-refractivity contribution >= 4 is 27.7 Å². The van der Waals surface area contributed by atoms with Crippen LogP contribution in [-0.2, 0) is 11.3 Å². The van der Waals surface area contributed by atoms with Crippen molar-refractivity contribution in [1.82, 2.24) is 9.88 Å². The molecule has 2 amide bonds. The van der Waals surface area contributed by atoms with Crippen LogP contribution in [0.25, 0.3) is 5.69 Å². The summed E-state index contributed by atoms with van der Waals surface area (Å²) in [5.74, 6) is 0.135. The van der Waals surface area contributed by atoms with Gasteiger partial charge in [-0.25, -0.2) is 0 Å². The average Bonchev–Trinajstić information content (AvgIpc) is 3.04. The number of hydrogen-bond donors (Lipinski definition) is 2. The van der Waals surface area contributed by atoms with Crippen molar-refractivity contribution in [2.45, 2.75) is 20.4 Å². The first-order valence-electron chi connectivity index (χ1n) is 9.61. The Labute approximate surface area is 189 Å². The third kappa shape index (κ3) is 5.27. The van der Waals surface area contributed by atoms with E-state index in [0.29, 0.717) is 23.6 Å². The zero-order valence-electron chi connectivity index (χ0n) is 17.6. The maximum absolute atomic E-state index is 12.9. The van der Waals surface area contributed by atoms with Gasteiger partial charge in [-0.3, -0.25) is 9.59 Å². The number of carbonyl (C=O) groups is 2. The normalized spacial score (nSPS) is 10.6. The highest BCUT2D eigenvalue weighted by molar-refractivity contribution is 9.10. The number of nitrogens with zero attached hydrogens (tertiary/aromatic N) is 1. The first kappa shape index (κ1) is 22.4. The minimum absolute atomic E-state index is 0.164. The van der Waals surface area contributed by atoms with E-state index in [-0.39, 0.29) is 12.5 Å². The quantitative estimate of drug-likeness (QED) is 0.508. The summed E-state index contributed by atoms with van der Waals surface area (Å²) in [6, 6.07) is 15.0. The highest BCUT2D eigenvalue weighted by Crippen LogP contribution is 2.28. The minimum Gasteiger partial charge on any atom is -0.493 e. The summed E-state index contributed by atoms with van der Waals surface area (Å²) in [5.41, 5.74) is 9.38. The van der Waals surface area contributed by atoms with Crippen LogP contribution in [0.4, 0.5) is 0 Å². The smallest absolute Gasteiger partial charge is 0.255 e. The molecule has 2 aromatic carbocycles. The van der Waals surface area contributed by atoms with Crippen molar-refractivity contribution in [2.24, 2.45) is 5.73 Å². The second kappa shape index (κ2) is 9.70. The summed E-state index contributed by atoms with van der Waals surface area (Å²) in [7, 11) is 1.51. The number of nitrogens with one attached hydrogen (secondary N) is 1. The van der Waals surface area contributed by atoms with Crippen LogP contribution in [0.2, 0.25) is 0 Å². The summed E-state index contributed by atoms with van der Waals surface area (Å²) in [5, 5.41) is 2.95. The van der Waals surface area contributed by atoms with Crippen LogP contribution in [-0.4, -0.2) is 30.1 Å². The fraction of sp³-hybridized carbons (Fsp3) is 0.217. The molecule has 162 valence electrons. The maximum atomic E-state index is 12.9. The second-order valence-electron chi connectivity index (χ2n) is 7.02. The molecule has 3 aromatic rings. The number of aromatic nitrogens is 1. The van der Waals surface area contributed by atoms with Gasteiger partial charge in [-0.05, 0) is 55.8 Å². The lowest BCUT2D eigenvalue weighted by Crippen LogP contribution is -2.23. The summed E-state index contributed by atoms with van der Waals surface area (Å²) >= 11 is 3.49. The standard InChI is InChI=1S/C23H24BrN3O4/c1-14-9-19(15(2)27(14)18-6-4-5-17(24)11-18)23(29)26-12-16-7-8-20(21(10-16)30-3)31-13-22(25)28/h4-11H,12-13H2,1-3H3,(H2,25,28)(H,26,29). The predicted molar refractivity (Wildman–Crippen MR) is 122 cm³/mol. The van der Waals surface area contributed by atoms with Gasteiger partial charge in [-0.15, -0.1) is 0 Å². The van der Waals surface area contributed by atoms with E-state index < -0.39 is 5.91 Å². The molecule has 0 spiro atoms. The molecule has 7 nitrogen and oxygen atoms in total. The number of amides is 2. The van der Waals surface area contributed by atoms with Crippen LogP contribution in [0.15, 0.2) is 53.0 Å². The molecular weight excluding hydrogens is 462 g/mol. The van der Waals surface area contributed by atoms with Gasteiger partial charge in [0.2, 0.25) is 0 Å². The fourth-order valence-electron chi connectivity index (χ4n) is 3.37. The van der Waals surface area contributed by atoms with Crippen LogP contribution >= 0.6 is 15.9 Å². The average molecular weight is 486 g/mol. The molecule has 3 N–H and O–H groups in total. The molecular formula is C23H24BrN3O4. The lowest BCUT2D eigenvalue weighted by Gasteiger charge is -2.12. The van der Waals surface area contributed by atoms with E-state index in [0.717, 1.165) is 27.1 Å². The summed E-state index contributed by atoms with van der Waals surface area (Å²) in [6.45, 7) is 3.98. The van der Waals surface area contributed by atoms with Gasteiger partial charge in [-0.1, -0.05) is 28.1 Å². The van der Waals surface area contributed by atoms with Gasteiger partial charge >= 0.3 is 0 Å². The number of hydrogen-bond acceptors (Lipinski definition) is 4. The topological polar surface area (TPSA) is 95.6 Å². The van der Waals surface area contributed by atoms with Crippen molar-refractivity contribution in [3.8, 4) is 17.2 Å². The molecule has 1 heterocycles. The molecule has 0 aliphatic heterocycles. The molecule has 0 aliphatic rings. The minimum atomic E-state index is -0.571. The van der Waals surface area contributed by atoms with E-state index in [1.807, 2.05) is 48.7 Å². The van der Waals surface area contributed by atoms with Crippen LogP contribution in [0.1, 0.15) is 27.3 Å². The van der Waals surface area contributed by atoms with E-state index in [4.69, 9.17) is 15.2 Å². The number of halogens is 1. The number of rotatable bonds is 8. The third-order valence-corrected chi connectivity index (χ3v) is 5.29. The molecule has 0 unspecified atom stereocenters. The monoisotopic (exact) mass is 485 g/mol. The molecule has 8 heteroatoms. The maximum Gasteiger partial charge on any atom is 0.255 e. The second-order valence-corrected chi connectivity index (χ2v) is 7.94. The van der Waals surface area contributed by atoms with E-state index in [9.17, 15) is 9.59 Å². The Morgan fingerprint density at radius 1 is 1.10 bits per heavy atom. The number of primary amides is 1. The first-order valence-corrected chi connectivity index (χ1v) is 10.4. The zero-order chi connectivity index (χ0) is 22.5.